The van der Waals surface area contributed by atoms with Crippen molar-refractivity contribution in [3.05, 3.63) is 64.7 Å². The van der Waals surface area contributed by atoms with E-state index >= 15 is 0 Å². The van der Waals surface area contributed by atoms with E-state index in [4.69, 9.17) is 16.3 Å². The van der Waals surface area contributed by atoms with Crippen LogP contribution in [0.4, 0.5) is 0 Å². The predicted octanol–water partition coefficient (Wildman–Crippen LogP) is 3.93. The summed E-state index contributed by atoms with van der Waals surface area (Å²) in [6, 6.07) is 13.4. The average Bonchev–Trinajstić information content (AvgIpc) is 2.48. The Bertz CT molecular complexity index is 643. The summed E-state index contributed by atoms with van der Waals surface area (Å²) in [5.41, 5.74) is 0.233. The third-order valence-electron chi connectivity index (χ3n) is 2.89. The standard InChI is InChI=1S/C17H15ClO3/c1-17(2,11-19)21-15-9-5-13(6-10-15)16(20)12-3-7-14(18)8-4-12/h3-11H,1-2H3. The number of rotatable bonds is 5. The molecule has 0 fully saturated rings. The van der Waals surface area contributed by atoms with Crippen LogP contribution in [-0.2, 0) is 4.79 Å². The number of hydrogen-bond acceptors (Lipinski definition) is 3. The molecule has 0 saturated carbocycles. The fourth-order valence-corrected chi connectivity index (χ4v) is 1.90. The molecule has 0 radical (unpaired) electrons. The molecule has 0 N–H and O–H groups in total. The van der Waals surface area contributed by atoms with Crippen LogP contribution in [-0.4, -0.2) is 17.7 Å². The molecule has 0 bridgehead atoms. The number of carbonyl (C=O) groups is 2. The molecule has 0 aliphatic heterocycles. The third-order valence-corrected chi connectivity index (χ3v) is 3.14. The summed E-state index contributed by atoms with van der Waals surface area (Å²) in [5.74, 6) is 0.452. The first kappa shape index (κ1) is 15.3. The monoisotopic (exact) mass is 302 g/mol. The summed E-state index contributed by atoms with van der Waals surface area (Å²) in [7, 11) is 0. The Balaban J connectivity index is 2.17. The molecule has 0 aliphatic carbocycles. The van der Waals surface area contributed by atoms with Crippen LogP contribution in [0.5, 0.6) is 5.75 Å². The summed E-state index contributed by atoms with van der Waals surface area (Å²) in [6.45, 7) is 3.35. The predicted molar refractivity (Wildman–Crippen MR) is 82.1 cm³/mol. The van der Waals surface area contributed by atoms with Gasteiger partial charge in [-0.15, -0.1) is 0 Å². The molecule has 2 rings (SSSR count). The highest BCUT2D eigenvalue weighted by molar-refractivity contribution is 6.30. The number of benzene rings is 2. The van der Waals surface area contributed by atoms with Crippen molar-refractivity contribution < 1.29 is 14.3 Å². The van der Waals surface area contributed by atoms with Gasteiger partial charge in [0.1, 0.15) is 5.75 Å². The minimum atomic E-state index is -0.887. The quantitative estimate of drug-likeness (QED) is 0.621. The smallest absolute Gasteiger partial charge is 0.193 e. The van der Waals surface area contributed by atoms with Crippen molar-refractivity contribution in [1.82, 2.24) is 0 Å². The molecule has 108 valence electrons. The first-order chi connectivity index (χ1) is 9.91. The van der Waals surface area contributed by atoms with Crippen LogP contribution in [0, 0.1) is 0 Å². The number of aldehydes is 1. The van der Waals surface area contributed by atoms with E-state index in [9.17, 15) is 9.59 Å². The SMILES string of the molecule is CC(C)(C=O)Oc1ccc(C(=O)c2ccc(Cl)cc2)cc1. The Morgan fingerprint density at radius 2 is 1.48 bits per heavy atom. The first-order valence-electron chi connectivity index (χ1n) is 6.47. The molecule has 2 aromatic carbocycles. The van der Waals surface area contributed by atoms with Crippen LogP contribution in [0.3, 0.4) is 0 Å². The molecule has 21 heavy (non-hydrogen) atoms. The zero-order valence-corrected chi connectivity index (χ0v) is 12.6. The van der Waals surface area contributed by atoms with E-state index in [-0.39, 0.29) is 5.78 Å². The van der Waals surface area contributed by atoms with Gasteiger partial charge < -0.3 is 4.74 Å². The van der Waals surface area contributed by atoms with Gasteiger partial charge in [0.2, 0.25) is 0 Å². The maximum atomic E-state index is 12.3. The van der Waals surface area contributed by atoms with Crippen LogP contribution in [0.2, 0.25) is 5.02 Å². The van der Waals surface area contributed by atoms with Crippen LogP contribution < -0.4 is 4.74 Å². The topological polar surface area (TPSA) is 43.4 Å². The zero-order chi connectivity index (χ0) is 15.5. The van der Waals surface area contributed by atoms with E-state index in [1.165, 1.54) is 0 Å². The number of hydrogen-bond donors (Lipinski definition) is 0. The van der Waals surface area contributed by atoms with Crippen molar-refractivity contribution in [2.24, 2.45) is 0 Å². The molecule has 0 heterocycles. The van der Waals surface area contributed by atoms with E-state index in [2.05, 4.69) is 0 Å². The van der Waals surface area contributed by atoms with Gasteiger partial charge in [0.05, 0.1) is 0 Å². The van der Waals surface area contributed by atoms with E-state index in [0.717, 1.165) is 6.29 Å². The Hall–Kier alpha value is -2.13. The number of ether oxygens (including phenoxy) is 1. The number of ketones is 1. The van der Waals surface area contributed by atoms with Gasteiger partial charge in [0.25, 0.3) is 0 Å². The number of carbonyl (C=O) groups excluding carboxylic acids is 2. The molecule has 0 spiro atoms. The van der Waals surface area contributed by atoms with Gasteiger partial charge in [0, 0.05) is 16.1 Å². The fourth-order valence-electron chi connectivity index (χ4n) is 1.77. The van der Waals surface area contributed by atoms with Gasteiger partial charge in [-0.05, 0) is 62.4 Å². The molecule has 0 saturated heterocycles. The Morgan fingerprint density at radius 1 is 1.00 bits per heavy atom. The molecule has 2 aromatic rings. The highest BCUT2D eigenvalue weighted by atomic mass is 35.5. The lowest BCUT2D eigenvalue weighted by molar-refractivity contribution is -0.118. The van der Waals surface area contributed by atoms with Crippen LogP contribution in [0.25, 0.3) is 0 Å². The summed E-state index contributed by atoms with van der Waals surface area (Å²) in [4.78, 5) is 23.1. The normalized spacial score (nSPS) is 11.0. The lowest BCUT2D eigenvalue weighted by atomic mass is 10.0. The average molecular weight is 303 g/mol. The van der Waals surface area contributed by atoms with Gasteiger partial charge in [0.15, 0.2) is 17.7 Å². The van der Waals surface area contributed by atoms with Gasteiger partial charge in [-0.25, -0.2) is 0 Å². The highest BCUT2D eigenvalue weighted by Crippen LogP contribution is 2.20. The van der Waals surface area contributed by atoms with Gasteiger partial charge >= 0.3 is 0 Å². The van der Waals surface area contributed by atoms with Crippen molar-refractivity contribution in [2.75, 3.05) is 0 Å². The molecule has 0 aromatic heterocycles. The molecule has 3 nitrogen and oxygen atoms in total. The van der Waals surface area contributed by atoms with E-state index in [1.807, 2.05) is 0 Å². The first-order valence-corrected chi connectivity index (χ1v) is 6.85. The second-order valence-corrected chi connectivity index (χ2v) is 5.62. The maximum Gasteiger partial charge on any atom is 0.193 e. The van der Waals surface area contributed by atoms with Gasteiger partial charge in [-0.1, -0.05) is 11.6 Å². The van der Waals surface area contributed by atoms with Crippen molar-refractivity contribution >= 4 is 23.7 Å². The largest absolute Gasteiger partial charge is 0.480 e. The zero-order valence-electron chi connectivity index (χ0n) is 11.8. The van der Waals surface area contributed by atoms with Crippen molar-refractivity contribution in [3.8, 4) is 5.75 Å². The van der Waals surface area contributed by atoms with E-state index in [1.54, 1.807) is 62.4 Å². The van der Waals surface area contributed by atoms with Crippen molar-refractivity contribution in [2.45, 2.75) is 19.4 Å². The minimum absolute atomic E-state index is 0.0899. The summed E-state index contributed by atoms with van der Waals surface area (Å²) < 4.78 is 5.51. The van der Waals surface area contributed by atoms with Crippen LogP contribution in [0.15, 0.2) is 48.5 Å². The Morgan fingerprint density at radius 3 is 1.95 bits per heavy atom. The molecule has 0 unspecified atom stereocenters. The van der Waals surface area contributed by atoms with Crippen molar-refractivity contribution in [1.29, 1.82) is 0 Å². The second kappa shape index (κ2) is 6.10. The second-order valence-electron chi connectivity index (χ2n) is 5.18. The Labute approximate surface area is 128 Å². The number of halogens is 1. The molecule has 0 amide bonds. The third kappa shape index (κ3) is 3.92. The molecular weight excluding hydrogens is 288 g/mol. The Kier molecular flexibility index (Phi) is 4.43. The van der Waals surface area contributed by atoms with Crippen molar-refractivity contribution in [3.63, 3.8) is 0 Å². The lowest BCUT2D eigenvalue weighted by Crippen LogP contribution is -2.29. The molecule has 4 heteroatoms. The van der Waals surface area contributed by atoms with Gasteiger partial charge in [-0.3, -0.25) is 9.59 Å². The summed E-state index contributed by atoms with van der Waals surface area (Å²) >= 11 is 5.80. The lowest BCUT2D eigenvalue weighted by Gasteiger charge is -2.19. The molecule has 0 aliphatic rings. The van der Waals surface area contributed by atoms with Gasteiger partial charge in [-0.2, -0.15) is 0 Å². The minimum Gasteiger partial charge on any atom is -0.480 e. The summed E-state index contributed by atoms with van der Waals surface area (Å²) in [5, 5.41) is 0.589. The molecular formula is C17H15ClO3. The highest BCUT2D eigenvalue weighted by Gasteiger charge is 2.18. The van der Waals surface area contributed by atoms with Crippen LogP contribution in [0.1, 0.15) is 29.8 Å². The molecule has 0 atom stereocenters. The fraction of sp³-hybridized carbons (Fsp3) is 0.176. The van der Waals surface area contributed by atoms with Crippen LogP contribution >= 0.6 is 11.6 Å². The van der Waals surface area contributed by atoms with E-state index in [0.29, 0.717) is 21.9 Å². The summed E-state index contributed by atoms with van der Waals surface area (Å²) in [6.07, 6.45) is 0.736. The maximum absolute atomic E-state index is 12.3. The van der Waals surface area contributed by atoms with E-state index < -0.39 is 5.60 Å².